The molecule has 0 aliphatic heterocycles. The van der Waals surface area contributed by atoms with Crippen molar-refractivity contribution in [1.82, 2.24) is 15.2 Å². The number of pyridine rings is 1. The van der Waals surface area contributed by atoms with Crippen LogP contribution < -0.4 is 0 Å². The molecule has 2 aromatic heterocycles. The molecule has 1 aromatic carbocycles. The lowest BCUT2D eigenvalue weighted by Gasteiger charge is -2.01. The predicted molar refractivity (Wildman–Crippen MR) is 78.7 cm³/mol. The lowest BCUT2D eigenvalue weighted by molar-refractivity contribution is 0.0471. The van der Waals surface area contributed by atoms with E-state index in [9.17, 15) is 4.79 Å². The summed E-state index contributed by atoms with van der Waals surface area (Å²) in [5.74, 6) is -0.461. The Balaban J connectivity index is 1.67. The maximum absolute atomic E-state index is 11.9. The van der Waals surface area contributed by atoms with Crippen LogP contribution in [0.1, 0.15) is 15.4 Å². The second-order valence-electron chi connectivity index (χ2n) is 4.21. The molecule has 3 rings (SSSR count). The molecule has 3 aromatic rings. The minimum absolute atomic E-state index is 0.226. The van der Waals surface area contributed by atoms with Gasteiger partial charge >= 0.3 is 5.97 Å². The van der Waals surface area contributed by atoms with Crippen LogP contribution in [0.5, 0.6) is 0 Å². The molecule has 21 heavy (non-hydrogen) atoms. The maximum Gasteiger partial charge on any atom is 0.369 e. The Morgan fingerprint density at radius 1 is 1.05 bits per heavy atom. The molecule has 2 heterocycles. The predicted octanol–water partition coefficient (Wildman–Crippen LogP) is 2.96. The molecule has 0 bridgehead atoms. The number of rotatable bonds is 4. The summed E-state index contributed by atoms with van der Waals surface area (Å²) in [6, 6.07) is 13.1. The molecule has 0 unspecified atom stereocenters. The highest BCUT2D eigenvalue weighted by Gasteiger charge is 2.15. The summed E-state index contributed by atoms with van der Waals surface area (Å²) < 4.78 is 5.22. The van der Waals surface area contributed by atoms with E-state index in [1.165, 1.54) is 11.3 Å². The van der Waals surface area contributed by atoms with Crippen LogP contribution in [0.4, 0.5) is 0 Å². The molecule has 0 spiro atoms. The Bertz CT molecular complexity index is 729. The Kier molecular flexibility index (Phi) is 3.97. The van der Waals surface area contributed by atoms with Gasteiger partial charge in [-0.05, 0) is 17.7 Å². The highest BCUT2D eigenvalue weighted by atomic mass is 32.1. The second-order valence-corrected chi connectivity index (χ2v) is 5.19. The largest absolute Gasteiger partial charge is 0.455 e. The molecule has 104 valence electrons. The van der Waals surface area contributed by atoms with E-state index in [1.807, 2.05) is 42.5 Å². The lowest BCUT2D eigenvalue weighted by atomic mass is 10.2. The molecule has 0 saturated carbocycles. The monoisotopic (exact) mass is 297 g/mol. The molecular weight excluding hydrogens is 286 g/mol. The minimum atomic E-state index is -0.461. The molecule has 0 radical (unpaired) electrons. The number of benzene rings is 1. The summed E-state index contributed by atoms with van der Waals surface area (Å²) in [5, 5.41) is 8.80. The van der Waals surface area contributed by atoms with Crippen LogP contribution in [-0.4, -0.2) is 21.2 Å². The number of carbonyl (C=O) groups excluding carboxylic acids is 1. The molecular formula is C15H11N3O2S. The van der Waals surface area contributed by atoms with Crippen LogP contribution in [0, 0.1) is 0 Å². The van der Waals surface area contributed by atoms with E-state index in [0.717, 1.165) is 11.1 Å². The Morgan fingerprint density at radius 2 is 1.81 bits per heavy atom. The first-order chi connectivity index (χ1) is 10.3. The van der Waals surface area contributed by atoms with Crippen LogP contribution in [0.2, 0.25) is 0 Å². The average molecular weight is 297 g/mol. The number of hydrogen-bond donors (Lipinski definition) is 0. The molecule has 0 amide bonds. The molecule has 5 nitrogen and oxygen atoms in total. The summed E-state index contributed by atoms with van der Waals surface area (Å²) in [7, 11) is 0. The van der Waals surface area contributed by atoms with Crippen molar-refractivity contribution in [3.8, 4) is 10.6 Å². The zero-order valence-electron chi connectivity index (χ0n) is 11.0. The number of esters is 1. The fourth-order valence-electron chi connectivity index (χ4n) is 1.70. The van der Waals surface area contributed by atoms with E-state index in [-0.39, 0.29) is 11.6 Å². The maximum atomic E-state index is 11.9. The van der Waals surface area contributed by atoms with E-state index >= 15 is 0 Å². The zero-order chi connectivity index (χ0) is 14.5. The average Bonchev–Trinajstić information content (AvgIpc) is 3.04. The molecule has 0 aliphatic rings. The van der Waals surface area contributed by atoms with Gasteiger partial charge in [-0.1, -0.05) is 41.7 Å². The zero-order valence-corrected chi connectivity index (χ0v) is 11.8. The molecule has 0 N–H and O–H groups in total. The molecule has 0 saturated heterocycles. The van der Waals surface area contributed by atoms with Crippen molar-refractivity contribution in [2.45, 2.75) is 6.61 Å². The van der Waals surface area contributed by atoms with Gasteiger partial charge in [0.2, 0.25) is 5.01 Å². The number of ether oxygens (including phenoxy) is 1. The van der Waals surface area contributed by atoms with Gasteiger partial charge < -0.3 is 4.74 Å². The number of aromatic nitrogens is 3. The standard InChI is InChI=1S/C15H11N3O2S/c19-15(20-10-11-4-2-1-3-5-11)14-18-17-13(21-14)12-6-8-16-9-7-12/h1-9H,10H2. The fourth-order valence-corrected chi connectivity index (χ4v) is 2.44. The molecule has 6 heteroatoms. The highest BCUT2D eigenvalue weighted by molar-refractivity contribution is 7.16. The van der Waals surface area contributed by atoms with Crippen molar-refractivity contribution in [2.24, 2.45) is 0 Å². The van der Waals surface area contributed by atoms with Crippen LogP contribution in [0.15, 0.2) is 54.9 Å². The van der Waals surface area contributed by atoms with Gasteiger partial charge in [0.05, 0.1) is 0 Å². The SMILES string of the molecule is O=C(OCc1ccccc1)c1nnc(-c2ccncc2)s1. The van der Waals surface area contributed by atoms with Crippen LogP contribution in [0.3, 0.4) is 0 Å². The van der Waals surface area contributed by atoms with Crippen molar-refractivity contribution in [2.75, 3.05) is 0 Å². The first-order valence-corrected chi connectivity index (χ1v) is 7.09. The summed E-state index contributed by atoms with van der Waals surface area (Å²) in [5.41, 5.74) is 1.81. The van der Waals surface area contributed by atoms with Crippen LogP contribution in [-0.2, 0) is 11.3 Å². The van der Waals surface area contributed by atoms with Gasteiger partial charge in [-0.15, -0.1) is 10.2 Å². The fraction of sp³-hybridized carbons (Fsp3) is 0.0667. The highest BCUT2D eigenvalue weighted by Crippen LogP contribution is 2.23. The van der Waals surface area contributed by atoms with Crippen molar-refractivity contribution in [3.63, 3.8) is 0 Å². The first kappa shape index (κ1) is 13.4. The summed E-state index contributed by atoms with van der Waals surface area (Å²) in [6.45, 7) is 0.226. The van der Waals surface area contributed by atoms with Gasteiger partial charge in [0.15, 0.2) is 0 Å². The smallest absolute Gasteiger partial charge is 0.369 e. The molecule has 0 fully saturated rings. The number of hydrogen-bond acceptors (Lipinski definition) is 6. The third-order valence-corrected chi connectivity index (χ3v) is 3.69. The third kappa shape index (κ3) is 3.29. The van der Waals surface area contributed by atoms with E-state index in [4.69, 9.17) is 4.74 Å². The number of carbonyl (C=O) groups is 1. The van der Waals surface area contributed by atoms with E-state index in [1.54, 1.807) is 12.4 Å². The van der Waals surface area contributed by atoms with E-state index < -0.39 is 5.97 Å². The summed E-state index contributed by atoms with van der Waals surface area (Å²) in [6.07, 6.45) is 3.34. The van der Waals surface area contributed by atoms with Crippen molar-refractivity contribution < 1.29 is 9.53 Å². The van der Waals surface area contributed by atoms with Gasteiger partial charge in [0.25, 0.3) is 0 Å². The lowest BCUT2D eigenvalue weighted by Crippen LogP contribution is -2.04. The van der Waals surface area contributed by atoms with Gasteiger partial charge in [-0.25, -0.2) is 4.79 Å². The van der Waals surface area contributed by atoms with Gasteiger partial charge in [0.1, 0.15) is 11.6 Å². The van der Waals surface area contributed by atoms with Crippen LogP contribution in [0.25, 0.3) is 10.6 Å². The van der Waals surface area contributed by atoms with Crippen molar-refractivity contribution in [1.29, 1.82) is 0 Å². The molecule has 0 aliphatic carbocycles. The Labute approximate surface area is 125 Å². The summed E-state index contributed by atoms with van der Waals surface area (Å²) >= 11 is 1.20. The topological polar surface area (TPSA) is 65.0 Å². The third-order valence-electron chi connectivity index (χ3n) is 2.74. The second kappa shape index (κ2) is 6.23. The van der Waals surface area contributed by atoms with E-state index in [0.29, 0.717) is 5.01 Å². The van der Waals surface area contributed by atoms with Crippen molar-refractivity contribution in [3.05, 3.63) is 65.4 Å². The van der Waals surface area contributed by atoms with Crippen molar-refractivity contribution >= 4 is 17.3 Å². The Morgan fingerprint density at radius 3 is 2.57 bits per heavy atom. The van der Waals surface area contributed by atoms with Gasteiger partial charge in [-0.2, -0.15) is 0 Å². The summed E-state index contributed by atoms with van der Waals surface area (Å²) in [4.78, 5) is 15.9. The van der Waals surface area contributed by atoms with Gasteiger partial charge in [-0.3, -0.25) is 4.98 Å². The molecule has 0 atom stereocenters. The quantitative estimate of drug-likeness (QED) is 0.693. The van der Waals surface area contributed by atoms with E-state index in [2.05, 4.69) is 15.2 Å². The van der Waals surface area contributed by atoms with Crippen LogP contribution >= 0.6 is 11.3 Å². The number of nitrogens with zero attached hydrogens (tertiary/aromatic N) is 3. The minimum Gasteiger partial charge on any atom is -0.455 e. The normalized spacial score (nSPS) is 10.3. The Hall–Kier alpha value is -2.60. The first-order valence-electron chi connectivity index (χ1n) is 6.28. The van der Waals surface area contributed by atoms with Gasteiger partial charge in [0, 0.05) is 18.0 Å².